The van der Waals surface area contributed by atoms with Crippen LogP contribution in [0.4, 0.5) is 0 Å². The Kier molecular flexibility index (Phi) is 12.8. The molecule has 130 valence electrons. The zero-order valence-electron chi connectivity index (χ0n) is 15.3. The van der Waals surface area contributed by atoms with Crippen LogP contribution in [-0.4, -0.2) is 12.2 Å². The van der Waals surface area contributed by atoms with E-state index < -0.39 is 0 Å². The molecule has 0 aromatic carbocycles. The molecular weight excluding hydrogens is 268 g/mol. The topological polar surface area (TPSA) is 12.5 Å². The molecule has 0 saturated carbocycles. The van der Waals surface area contributed by atoms with Crippen LogP contribution in [0.5, 0.6) is 0 Å². The highest BCUT2D eigenvalue weighted by molar-refractivity contribution is 4.93. The zero-order valence-corrected chi connectivity index (χ0v) is 15.3. The minimum atomic E-state index is 0.552. The fourth-order valence-corrected chi connectivity index (χ4v) is 3.16. The van der Waals surface area contributed by atoms with Crippen molar-refractivity contribution in [1.29, 1.82) is 0 Å². The normalized spacial score (nSPS) is 20.8. The summed E-state index contributed by atoms with van der Waals surface area (Å²) < 4.78 is 5.77. The van der Waals surface area contributed by atoms with E-state index in [0.29, 0.717) is 12.2 Å². The average molecular weight is 309 g/mol. The van der Waals surface area contributed by atoms with E-state index in [-0.39, 0.29) is 0 Å². The minimum Gasteiger partial charge on any atom is -0.369 e. The third-order valence-corrected chi connectivity index (χ3v) is 4.79. The van der Waals surface area contributed by atoms with Crippen LogP contribution in [-0.2, 0) is 4.74 Å². The smallest absolute Gasteiger partial charge is 0.0876 e. The molecule has 0 amide bonds. The monoisotopic (exact) mass is 308 g/mol. The lowest BCUT2D eigenvalue weighted by Gasteiger charge is -2.01. The van der Waals surface area contributed by atoms with E-state index in [1.165, 1.54) is 89.9 Å². The third-order valence-electron chi connectivity index (χ3n) is 4.79. The van der Waals surface area contributed by atoms with E-state index in [0.717, 1.165) is 6.42 Å². The zero-order chi connectivity index (χ0) is 15.9. The molecule has 22 heavy (non-hydrogen) atoms. The summed E-state index contributed by atoms with van der Waals surface area (Å²) in [5.41, 5.74) is 0. The van der Waals surface area contributed by atoms with Crippen molar-refractivity contribution < 1.29 is 4.74 Å². The van der Waals surface area contributed by atoms with Gasteiger partial charge in [0.05, 0.1) is 12.2 Å². The van der Waals surface area contributed by atoms with Gasteiger partial charge in [0.15, 0.2) is 0 Å². The molecule has 0 radical (unpaired) electrons. The van der Waals surface area contributed by atoms with E-state index in [9.17, 15) is 0 Å². The molecule has 0 unspecified atom stereocenters. The standard InChI is InChI=1S/C21H40O/c1-3-5-7-9-11-12-13-15-17-19-21-20(22-21)18-16-14-10-8-6-4-2/h14,16,20-21H,3-13,15,17-19H2,1-2H3/b16-14-/t20-,21+/m1/s1. The molecular formula is C21H40O. The van der Waals surface area contributed by atoms with Crippen molar-refractivity contribution in [2.45, 2.75) is 122 Å². The molecule has 0 N–H and O–H groups in total. The summed E-state index contributed by atoms with van der Waals surface area (Å²) in [5.74, 6) is 0. The van der Waals surface area contributed by atoms with Crippen molar-refractivity contribution in [3.8, 4) is 0 Å². The van der Waals surface area contributed by atoms with Crippen molar-refractivity contribution in [1.82, 2.24) is 0 Å². The second-order valence-electron chi connectivity index (χ2n) is 7.03. The highest BCUT2D eigenvalue weighted by Crippen LogP contribution is 2.30. The van der Waals surface area contributed by atoms with Crippen LogP contribution < -0.4 is 0 Å². The quantitative estimate of drug-likeness (QED) is 0.167. The number of ether oxygens (including phenoxy) is 1. The van der Waals surface area contributed by atoms with Gasteiger partial charge in [0.1, 0.15) is 0 Å². The number of rotatable bonds is 16. The number of epoxide rings is 1. The van der Waals surface area contributed by atoms with Crippen LogP contribution in [0.1, 0.15) is 110 Å². The highest BCUT2D eigenvalue weighted by atomic mass is 16.6. The van der Waals surface area contributed by atoms with Crippen LogP contribution in [0.2, 0.25) is 0 Å². The molecule has 1 heteroatoms. The number of allylic oxidation sites excluding steroid dienone is 1. The van der Waals surface area contributed by atoms with Crippen LogP contribution >= 0.6 is 0 Å². The fraction of sp³-hybridized carbons (Fsp3) is 0.905. The van der Waals surface area contributed by atoms with E-state index in [2.05, 4.69) is 26.0 Å². The Balaban J connectivity index is 1.78. The molecule has 1 aliphatic rings. The van der Waals surface area contributed by atoms with Crippen molar-refractivity contribution in [3.05, 3.63) is 12.2 Å². The molecule has 2 atom stereocenters. The van der Waals surface area contributed by atoms with Gasteiger partial charge in [-0.1, -0.05) is 96.6 Å². The lowest BCUT2D eigenvalue weighted by atomic mass is 10.0. The Bertz CT molecular complexity index is 259. The summed E-state index contributed by atoms with van der Waals surface area (Å²) >= 11 is 0. The molecule has 1 aliphatic heterocycles. The van der Waals surface area contributed by atoms with E-state index in [1.807, 2.05) is 0 Å². The van der Waals surface area contributed by atoms with E-state index in [1.54, 1.807) is 0 Å². The maximum atomic E-state index is 5.77. The first-order valence-corrected chi connectivity index (χ1v) is 10.2. The molecule has 1 heterocycles. The van der Waals surface area contributed by atoms with Gasteiger partial charge in [0.25, 0.3) is 0 Å². The molecule has 0 spiro atoms. The lowest BCUT2D eigenvalue weighted by Crippen LogP contribution is -1.93. The summed E-state index contributed by atoms with van der Waals surface area (Å²) in [7, 11) is 0. The Morgan fingerprint density at radius 1 is 0.636 bits per heavy atom. The van der Waals surface area contributed by atoms with Crippen molar-refractivity contribution in [2.75, 3.05) is 0 Å². The Labute approximate surface area is 139 Å². The second kappa shape index (κ2) is 14.3. The van der Waals surface area contributed by atoms with Crippen molar-refractivity contribution in [2.24, 2.45) is 0 Å². The first kappa shape index (κ1) is 19.7. The van der Waals surface area contributed by atoms with Gasteiger partial charge in [-0.2, -0.15) is 0 Å². The van der Waals surface area contributed by atoms with Gasteiger partial charge < -0.3 is 4.74 Å². The largest absolute Gasteiger partial charge is 0.369 e. The molecule has 1 saturated heterocycles. The number of hydrogen-bond acceptors (Lipinski definition) is 1. The predicted octanol–water partition coefficient (Wildman–Crippen LogP) is 7.20. The summed E-state index contributed by atoms with van der Waals surface area (Å²) in [4.78, 5) is 0. The van der Waals surface area contributed by atoms with Crippen molar-refractivity contribution in [3.63, 3.8) is 0 Å². The molecule has 0 aliphatic carbocycles. The van der Waals surface area contributed by atoms with Gasteiger partial charge in [0, 0.05) is 0 Å². The maximum Gasteiger partial charge on any atom is 0.0876 e. The lowest BCUT2D eigenvalue weighted by molar-refractivity contribution is 0.358. The summed E-state index contributed by atoms with van der Waals surface area (Å²) in [6, 6.07) is 0. The maximum absolute atomic E-state index is 5.77. The van der Waals surface area contributed by atoms with Gasteiger partial charge >= 0.3 is 0 Å². The highest BCUT2D eigenvalue weighted by Gasteiger charge is 2.36. The predicted molar refractivity (Wildman–Crippen MR) is 98.4 cm³/mol. The Morgan fingerprint density at radius 3 is 1.91 bits per heavy atom. The van der Waals surface area contributed by atoms with Crippen LogP contribution in [0.3, 0.4) is 0 Å². The molecule has 1 nitrogen and oxygen atoms in total. The fourth-order valence-electron chi connectivity index (χ4n) is 3.16. The van der Waals surface area contributed by atoms with E-state index >= 15 is 0 Å². The molecule has 0 bridgehead atoms. The summed E-state index contributed by atoms with van der Waals surface area (Å²) in [6.45, 7) is 4.55. The SMILES string of the molecule is CCCCC/C=C\C[C@H]1O[C@H]1CCCCCCCCCCC. The van der Waals surface area contributed by atoms with E-state index in [4.69, 9.17) is 4.74 Å². The molecule has 0 aromatic rings. The van der Waals surface area contributed by atoms with Crippen LogP contribution in [0.15, 0.2) is 12.2 Å². The summed E-state index contributed by atoms with van der Waals surface area (Å²) in [6.07, 6.45) is 26.4. The van der Waals surface area contributed by atoms with Crippen LogP contribution in [0, 0.1) is 0 Å². The first-order chi connectivity index (χ1) is 10.9. The second-order valence-corrected chi connectivity index (χ2v) is 7.03. The number of unbranched alkanes of at least 4 members (excludes halogenated alkanes) is 11. The minimum absolute atomic E-state index is 0.552. The van der Waals surface area contributed by atoms with Gasteiger partial charge in [-0.15, -0.1) is 0 Å². The van der Waals surface area contributed by atoms with Gasteiger partial charge in [-0.3, -0.25) is 0 Å². The summed E-state index contributed by atoms with van der Waals surface area (Å²) in [5, 5.41) is 0. The van der Waals surface area contributed by atoms with Gasteiger partial charge in [-0.25, -0.2) is 0 Å². The average Bonchev–Trinajstić information content (AvgIpc) is 3.27. The van der Waals surface area contributed by atoms with Crippen molar-refractivity contribution >= 4 is 0 Å². The molecule has 1 rings (SSSR count). The molecule has 0 aromatic heterocycles. The first-order valence-electron chi connectivity index (χ1n) is 10.2. The van der Waals surface area contributed by atoms with Gasteiger partial charge in [-0.05, 0) is 25.7 Å². The Hall–Kier alpha value is -0.300. The van der Waals surface area contributed by atoms with Crippen LogP contribution in [0.25, 0.3) is 0 Å². The van der Waals surface area contributed by atoms with Gasteiger partial charge in [0.2, 0.25) is 0 Å². The number of hydrogen-bond donors (Lipinski definition) is 0. The Morgan fingerprint density at radius 2 is 1.23 bits per heavy atom. The third kappa shape index (κ3) is 11.3. The molecule has 1 fully saturated rings.